The van der Waals surface area contributed by atoms with Crippen molar-refractivity contribution in [3.05, 3.63) is 28.2 Å². The van der Waals surface area contributed by atoms with Gasteiger partial charge in [0.15, 0.2) is 0 Å². The van der Waals surface area contributed by atoms with Crippen LogP contribution in [0.25, 0.3) is 0 Å². The molecule has 2 N–H and O–H groups in total. The van der Waals surface area contributed by atoms with Gasteiger partial charge < -0.3 is 10.6 Å². The largest absolute Gasteiger partial charge is 0.369 e. The molecule has 2 atom stereocenters. The number of nitrogens with zero attached hydrogens (tertiary/aromatic N) is 1. The Kier molecular flexibility index (Phi) is 5.28. The lowest BCUT2D eigenvalue weighted by atomic mass is 9.97. The van der Waals surface area contributed by atoms with Crippen LogP contribution in [0.15, 0.2) is 22.7 Å². The van der Waals surface area contributed by atoms with Gasteiger partial charge in [-0.2, -0.15) is 0 Å². The van der Waals surface area contributed by atoms with Crippen LogP contribution in [0.5, 0.6) is 0 Å². The Labute approximate surface area is 125 Å². The molecule has 2 unspecified atom stereocenters. The molecule has 0 aliphatic carbocycles. The number of benzene rings is 1. The van der Waals surface area contributed by atoms with Gasteiger partial charge in [0.05, 0.1) is 0 Å². The minimum atomic E-state index is 0.0798. The fraction of sp³-hybridized carbons (Fsp3) is 0.625. The standard InChI is InChI=1S/C16H25BrN2/c1-3-6-13-7-4-5-10-19(13)14-8-9-15(12(2)18)16(17)11-14/h8-9,11-13H,3-7,10,18H2,1-2H3. The highest BCUT2D eigenvalue weighted by Gasteiger charge is 2.22. The van der Waals surface area contributed by atoms with E-state index in [9.17, 15) is 0 Å². The molecule has 106 valence electrons. The second-order valence-corrected chi connectivity index (χ2v) is 6.48. The summed E-state index contributed by atoms with van der Waals surface area (Å²) in [6.45, 7) is 5.50. The van der Waals surface area contributed by atoms with Crippen molar-refractivity contribution >= 4 is 21.6 Å². The third-order valence-corrected chi connectivity index (χ3v) is 4.74. The maximum atomic E-state index is 5.97. The molecule has 19 heavy (non-hydrogen) atoms. The van der Waals surface area contributed by atoms with E-state index >= 15 is 0 Å². The Morgan fingerprint density at radius 1 is 1.42 bits per heavy atom. The fourth-order valence-electron chi connectivity index (χ4n) is 3.04. The van der Waals surface area contributed by atoms with Gasteiger partial charge in [0, 0.05) is 28.8 Å². The van der Waals surface area contributed by atoms with Crippen LogP contribution in [0.3, 0.4) is 0 Å². The van der Waals surface area contributed by atoms with Crippen LogP contribution in [0.2, 0.25) is 0 Å². The summed E-state index contributed by atoms with van der Waals surface area (Å²) in [4.78, 5) is 2.59. The van der Waals surface area contributed by atoms with Crippen LogP contribution >= 0.6 is 15.9 Å². The van der Waals surface area contributed by atoms with E-state index in [4.69, 9.17) is 5.73 Å². The van der Waals surface area contributed by atoms with Crippen LogP contribution in [0.4, 0.5) is 5.69 Å². The van der Waals surface area contributed by atoms with Crippen molar-refractivity contribution in [3.8, 4) is 0 Å². The van der Waals surface area contributed by atoms with Crippen LogP contribution in [0.1, 0.15) is 57.6 Å². The zero-order valence-electron chi connectivity index (χ0n) is 12.0. The minimum absolute atomic E-state index is 0.0798. The maximum absolute atomic E-state index is 5.97. The second kappa shape index (κ2) is 6.76. The van der Waals surface area contributed by atoms with Crippen LogP contribution in [-0.4, -0.2) is 12.6 Å². The van der Waals surface area contributed by atoms with Crippen molar-refractivity contribution < 1.29 is 0 Å². The highest BCUT2D eigenvalue weighted by molar-refractivity contribution is 9.10. The molecule has 1 saturated heterocycles. The Balaban J connectivity index is 2.22. The zero-order valence-corrected chi connectivity index (χ0v) is 13.6. The van der Waals surface area contributed by atoms with Gasteiger partial charge in [-0.15, -0.1) is 0 Å². The maximum Gasteiger partial charge on any atom is 0.0380 e. The molecule has 1 aliphatic heterocycles. The Hall–Kier alpha value is -0.540. The molecule has 3 heteroatoms. The SMILES string of the molecule is CCCC1CCCCN1c1ccc(C(C)N)c(Br)c1. The molecule has 1 fully saturated rings. The molecule has 1 heterocycles. The predicted molar refractivity (Wildman–Crippen MR) is 86.6 cm³/mol. The van der Waals surface area contributed by atoms with Crippen molar-refractivity contribution in [2.45, 2.75) is 58.0 Å². The molecule has 2 nitrogen and oxygen atoms in total. The van der Waals surface area contributed by atoms with Gasteiger partial charge in [0.25, 0.3) is 0 Å². The summed E-state index contributed by atoms with van der Waals surface area (Å²) in [6, 6.07) is 7.44. The number of halogens is 1. The molecule has 0 amide bonds. The smallest absolute Gasteiger partial charge is 0.0380 e. The van der Waals surface area contributed by atoms with E-state index in [0.29, 0.717) is 6.04 Å². The summed E-state index contributed by atoms with van der Waals surface area (Å²) in [7, 11) is 0. The molecular weight excluding hydrogens is 300 g/mol. The van der Waals surface area contributed by atoms with Crippen LogP contribution in [0, 0.1) is 0 Å². The van der Waals surface area contributed by atoms with E-state index in [1.54, 1.807) is 0 Å². The Morgan fingerprint density at radius 2 is 2.21 bits per heavy atom. The predicted octanol–water partition coefficient (Wildman–Crippen LogP) is 4.63. The number of hydrogen-bond donors (Lipinski definition) is 1. The molecule has 0 spiro atoms. The summed E-state index contributed by atoms with van der Waals surface area (Å²) < 4.78 is 1.14. The topological polar surface area (TPSA) is 29.3 Å². The number of piperidine rings is 1. The van der Waals surface area contributed by atoms with Crippen LogP contribution in [-0.2, 0) is 0 Å². The summed E-state index contributed by atoms with van der Waals surface area (Å²) in [5.41, 5.74) is 8.50. The van der Waals surface area contributed by atoms with Gasteiger partial charge in [-0.3, -0.25) is 0 Å². The highest BCUT2D eigenvalue weighted by atomic mass is 79.9. The molecule has 0 radical (unpaired) electrons. The quantitative estimate of drug-likeness (QED) is 0.875. The monoisotopic (exact) mass is 324 g/mol. The van der Waals surface area contributed by atoms with E-state index < -0.39 is 0 Å². The summed E-state index contributed by atoms with van der Waals surface area (Å²) in [5, 5.41) is 0. The normalized spacial score (nSPS) is 21.5. The first-order chi connectivity index (χ1) is 9.13. The zero-order chi connectivity index (χ0) is 13.8. The molecule has 0 bridgehead atoms. The molecule has 2 rings (SSSR count). The lowest BCUT2D eigenvalue weighted by Gasteiger charge is -2.38. The molecule has 1 aromatic carbocycles. The second-order valence-electron chi connectivity index (χ2n) is 5.63. The number of anilines is 1. The van der Waals surface area contributed by atoms with E-state index in [0.717, 1.165) is 4.47 Å². The van der Waals surface area contributed by atoms with Gasteiger partial charge in [-0.1, -0.05) is 35.3 Å². The number of nitrogens with two attached hydrogens (primary N) is 1. The average Bonchev–Trinajstić information content (AvgIpc) is 2.39. The van der Waals surface area contributed by atoms with Gasteiger partial charge in [0.1, 0.15) is 0 Å². The Bertz CT molecular complexity index is 415. The average molecular weight is 325 g/mol. The molecule has 1 aliphatic rings. The van der Waals surface area contributed by atoms with Gasteiger partial charge >= 0.3 is 0 Å². The third-order valence-electron chi connectivity index (χ3n) is 4.06. The summed E-state index contributed by atoms with van der Waals surface area (Å²) in [5.74, 6) is 0. The van der Waals surface area contributed by atoms with Crippen molar-refractivity contribution in [2.75, 3.05) is 11.4 Å². The lowest BCUT2D eigenvalue weighted by Crippen LogP contribution is -2.39. The summed E-state index contributed by atoms with van der Waals surface area (Å²) in [6.07, 6.45) is 6.58. The van der Waals surface area contributed by atoms with E-state index in [2.05, 4.69) is 46.0 Å². The van der Waals surface area contributed by atoms with Crippen molar-refractivity contribution in [2.24, 2.45) is 5.73 Å². The minimum Gasteiger partial charge on any atom is -0.369 e. The number of hydrogen-bond acceptors (Lipinski definition) is 2. The first-order valence-corrected chi connectivity index (χ1v) is 8.24. The van der Waals surface area contributed by atoms with Crippen molar-refractivity contribution in [3.63, 3.8) is 0 Å². The van der Waals surface area contributed by atoms with E-state index in [1.165, 1.54) is 49.9 Å². The molecule has 0 aromatic heterocycles. The van der Waals surface area contributed by atoms with E-state index in [1.807, 2.05) is 6.92 Å². The van der Waals surface area contributed by atoms with Gasteiger partial charge in [-0.05, 0) is 50.3 Å². The van der Waals surface area contributed by atoms with Crippen LogP contribution < -0.4 is 10.6 Å². The number of rotatable bonds is 4. The lowest BCUT2D eigenvalue weighted by molar-refractivity contribution is 0.434. The molecule has 1 aromatic rings. The highest BCUT2D eigenvalue weighted by Crippen LogP contribution is 2.32. The Morgan fingerprint density at radius 3 is 2.84 bits per heavy atom. The van der Waals surface area contributed by atoms with E-state index in [-0.39, 0.29) is 6.04 Å². The summed E-state index contributed by atoms with van der Waals surface area (Å²) >= 11 is 3.67. The fourth-order valence-corrected chi connectivity index (χ4v) is 3.77. The van der Waals surface area contributed by atoms with Gasteiger partial charge in [0.2, 0.25) is 0 Å². The third kappa shape index (κ3) is 3.51. The first kappa shape index (κ1) is 14.9. The molecule has 0 saturated carbocycles. The van der Waals surface area contributed by atoms with Gasteiger partial charge in [-0.25, -0.2) is 0 Å². The van der Waals surface area contributed by atoms with Crippen molar-refractivity contribution in [1.29, 1.82) is 0 Å². The van der Waals surface area contributed by atoms with Crippen molar-refractivity contribution in [1.82, 2.24) is 0 Å². The molecular formula is C16H25BrN2. The first-order valence-electron chi connectivity index (χ1n) is 7.45.